The maximum Gasteiger partial charge on any atom is 0.305 e. The molecule has 0 aliphatic carbocycles. The molecule has 2 heterocycles. The molecule has 4 aromatic rings. The molecule has 0 aliphatic rings. The van der Waals surface area contributed by atoms with E-state index in [0.29, 0.717) is 11.1 Å². The van der Waals surface area contributed by atoms with Gasteiger partial charge in [-0.1, -0.05) is 36.4 Å². The Morgan fingerprint density at radius 1 is 0.923 bits per heavy atom. The first-order chi connectivity index (χ1) is 12.6. The van der Waals surface area contributed by atoms with Crippen LogP contribution in [-0.4, -0.2) is 16.4 Å². The van der Waals surface area contributed by atoms with Crippen LogP contribution in [0.1, 0.15) is 26.5 Å². The van der Waals surface area contributed by atoms with Gasteiger partial charge >= 0.3 is 5.91 Å². The van der Waals surface area contributed by atoms with Crippen LogP contribution < -0.4 is 10.9 Å². The molecule has 4 rings (SSSR count). The predicted molar refractivity (Wildman–Crippen MR) is 98.8 cm³/mol. The molecule has 6 heteroatoms. The van der Waals surface area contributed by atoms with Crippen molar-refractivity contribution in [3.63, 3.8) is 0 Å². The smallest absolute Gasteiger partial charge is 0.305 e. The summed E-state index contributed by atoms with van der Waals surface area (Å²) in [6, 6.07) is 15.0. The number of aromatic nitrogens is 1. The summed E-state index contributed by atoms with van der Waals surface area (Å²) in [6.45, 7) is 1.81. The molecule has 2 amide bonds. The van der Waals surface area contributed by atoms with Crippen molar-refractivity contribution in [3.05, 3.63) is 71.6 Å². The van der Waals surface area contributed by atoms with Gasteiger partial charge in [-0.05, 0) is 19.1 Å². The number of hydrazine groups is 1. The maximum atomic E-state index is 12.5. The van der Waals surface area contributed by atoms with Crippen molar-refractivity contribution >= 4 is 33.7 Å². The summed E-state index contributed by atoms with van der Waals surface area (Å²) in [4.78, 5) is 24.9. The van der Waals surface area contributed by atoms with Gasteiger partial charge < -0.3 is 8.98 Å². The van der Waals surface area contributed by atoms with E-state index in [-0.39, 0.29) is 11.7 Å². The number of para-hydroxylation sites is 2. The average molecular weight is 347 g/mol. The van der Waals surface area contributed by atoms with Crippen LogP contribution in [0.2, 0.25) is 0 Å². The van der Waals surface area contributed by atoms with E-state index in [1.807, 2.05) is 61.0 Å². The molecule has 130 valence electrons. The largest absolute Gasteiger partial charge is 0.451 e. The fourth-order valence-electron chi connectivity index (χ4n) is 3.15. The molecule has 2 aromatic carbocycles. The molecule has 0 bridgehead atoms. The van der Waals surface area contributed by atoms with Crippen LogP contribution in [0.5, 0.6) is 0 Å². The minimum atomic E-state index is -0.493. The van der Waals surface area contributed by atoms with Crippen molar-refractivity contribution in [1.82, 2.24) is 15.4 Å². The van der Waals surface area contributed by atoms with E-state index in [1.54, 1.807) is 12.3 Å². The first-order valence-corrected chi connectivity index (χ1v) is 8.19. The Kier molecular flexibility index (Phi) is 3.73. The van der Waals surface area contributed by atoms with Crippen LogP contribution in [0.3, 0.4) is 0 Å². The standard InChI is InChI=1S/C20H17N3O3/c1-12-13-7-4-6-10-17(13)26-18(12)20(25)22-21-19(24)15-11-23(2)16-9-5-3-8-14(15)16/h3-11H,1-2H3,(H,21,24)(H,22,25). The maximum absolute atomic E-state index is 12.5. The third kappa shape index (κ3) is 2.52. The van der Waals surface area contributed by atoms with Crippen molar-refractivity contribution in [2.75, 3.05) is 0 Å². The molecule has 26 heavy (non-hydrogen) atoms. The number of hydrogen-bond donors (Lipinski definition) is 2. The number of nitrogens with one attached hydrogen (secondary N) is 2. The molecule has 6 nitrogen and oxygen atoms in total. The summed E-state index contributed by atoms with van der Waals surface area (Å²) >= 11 is 0. The van der Waals surface area contributed by atoms with Crippen molar-refractivity contribution < 1.29 is 14.0 Å². The Labute approximate surface area is 149 Å². The van der Waals surface area contributed by atoms with Crippen LogP contribution in [-0.2, 0) is 7.05 Å². The van der Waals surface area contributed by atoms with Crippen LogP contribution in [0.15, 0.2) is 59.1 Å². The van der Waals surface area contributed by atoms with Gasteiger partial charge in [-0.25, -0.2) is 0 Å². The van der Waals surface area contributed by atoms with E-state index in [4.69, 9.17) is 4.42 Å². The molecule has 0 fully saturated rings. The number of amides is 2. The first-order valence-electron chi connectivity index (χ1n) is 8.19. The molecule has 2 aromatic heterocycles. The molecule has 0 saturated carbocycles. The van der Waals surface area contributed by atoms with Crippen LogP contribution in [0.25, 0.3) is 21.9 Å². The van der Waals surface area contributed by atoms with Crippen molar-refractivity contribution in [2.24, 2.45) is 7.05 Å². The lowest BCUT2D eigenvalue weighted by atomic mass is 10.1. The third-order valence-corrected chi connectivity index (χ3v) is 4.48. The number of fused-ring (bicyclic) bond motifs is 2. The molecular formula is C20H17N3O3. The number of rotatable bonds is 2. The minimum Gasteiger partial charge on any atom is -0.451 e. The quantitative estimate of drug-likeness (QED) is 0.546. The Morgan fingerprint density at radius 2 is 1.58 bits per heavy atom. The summed E-state index contributed by atoms with van der Waals surface area (Å²) in [5.41, 5.74) is 7.69. The Bertz CT molecular complexity index is 1150. The van der Waals surface area contributed by atoms with E-state index >= 15 is 0 Å². The van der Waals surface area contributed by atoms with Gasteiger partial charge in [0.25, 0.3) is 5.91 Å². The van der Waals surface area contributed by atoms with Gasteiger partial charge in [0.2, 0.25) is 0 Å². The predicted octanol–water partition coefficient (Wildman–Crippen LogP) is 3.31. The molecule has 0 saturated heterocycles. The molecular weight excluding hydrogens is 330 g/mol. The van der Waals surface area contributed by atoms with Crippen LogP contribution in [0.4, 0.5) is 0 Å². The highest BCUT2D eigenvalue weighted by atomic mass is 16.3. The van der Waals surface area contributed by atoms with E-state index in [9.17, 15) is 9.59 Å². The second-order valence-corrected chi connectivity index (χ2v) is 6.13. The van der Waals surface area contributed by atoms with Crippen molar-refractivity contribution in [1.29, 1.82) is 0 Å². The second-order valence-electron chi connectivity index (χ2n) is 6.13. The number of carbonyl (C=O) groups is 2. The number of nitrogens with zero attached hydrogens (tertiary/aromatic N) is 1. The lowest BCUT2D eigenvalue weighted by molar-refractivity contribution is 0.0832. The Hall–Kier alpha value is -3.54. The lowest BCUT2D eigenvalue weighted by Gasteiger charge is -2.05. The van der Waals surface area contributed by atoms with E-state index in [2.05, 4.69) is 10.9 Å². The number of hydrogen-bond acceptors (Lipinski definition) is 3. The number of benzene rings is 2. The van der Waals surface area contributed by atoms with E-state index in [1.165, 1.54) is 0 Å². The minimum absolute atomic E-state index is 0.185. The van der Waals surface area contributed by atoms with Crippen LogP contribution in [0, 0.1) is 6.92 Å². The summed E-state index contributed by atoms with van der Waals surface area (Å²) in [5, 5.41) is 1.69. The fraction of sp³-hybridized carbons (Fsp3) is 0.100. The first kappa shape index (κ1) is 16.0. The molecule has 0 atom stereocenters. The van der Waals surface area contributed by atoms with Gasteiger partial charge in [0.05, 0.1) is 5.56 Å². The number of aryl methyl sites for hydroxylation is 2. The lowest BCUT2D eigenvalue weighted by Crippen LogP contribution is -2.41. The highest BCUT2D eigenvalue weighted by Gasteiger charge is 2.19. The SMILES string of the molecule is Cc1c(C(=O)NNC(=O)c2cn(C)c3ccccc23)oc2ccccc12. The Balaban J connectivity index is 1.55. The highest BCUT2D eigenvalue weighted by Crippen LogP contribution is 2.24. The summed E-state index contributed by atoms with van der Waals surface area (Å²) in [7, 11) is 1.87. The summed E-state index contributed by atoms with van der Waals surface area (Å²) in [6.07, 6.45) is 1.73. The zero-order chi connectivity index (χ0) is 18.3. The van der Waals surface area contributed by atoms with E-state index < -0.39 is 5.91 Å². The van der Waals surface area contributed by atoms with Crippen LogP contribution >= 0.6 is 0 Å². The zero-order valence-corrected chi connectivity index (χ0v) is 14.4. The zero-order valence-electron chi connectivity index (χ0n) is 14.4. The number of furan rings is 1. The monoisotopic (exact) mass is 347 g/mol. The normalized spacial score (nSPS) is 11.0. The van der Waals surface area contributed by atoms with Gasteiger partial charge in [-0.15, -0.1) is 0 Å². The van der Waals surface area contributed by atoms with Gasteiger partial charge in [0, 0.05) is 35.1 Å². The van der Waals surface area contributed by atoms with Gasteiger partial charge in [-0.3, -0.25) is 20.4 Å². The molecule has 0 unspecified atom stereocenters. The topological polar surface area (TPSA) is 76.3 Å². The molecule has 0 radical (unpaired) electrons. The van der Waals surface area contributed by atoms with Crippen molar-refractivity contribution in [2.45, 2.75) is 6.92 Å². The summed E-state index contributed by atoms with van der Waals surface area (Å²) in [5.74, 6) is -0.694. The number of carbonyl (C=O) groups excluding carboxylic acids is 2. The fourth-order valence-corrected chi connectivity index (χ4v) is 3.15. The summed E-state index contributed by atoms with van der Waals surface area (Å²) < 4.78 is 7.48. The third-order valence-electron chi connectivity index (χ3n) is 4.48. The van der Waals surface area contributed by atoms with Gasteiger partial charge in [0.1, 0.15) is 5.58 Å². The molecule has 0 aliphatic heterocycles. The Morgan fingerprint density at radius 3 is 2.35 bits per heavy atom. The average Bonchev–Trinajstić information content (AvgIpc) is 3.18. The second kappa shape index (κ2) is 6.07. The van der Waals surface area contributed by atoms with Crippen molar-refractivity contribution in [3.8, 4) is 0 Å². The van der Waals surface area contributed by atoms with Gasteiger partial charge in [0.15, 0.2) is 5.76 Å². The highest BCUT2D eigenvalue weighted by molar-refractivity contribution is 6.08. The van der Waals surface area contributed by atoms with Gasteiger partial charge in [-0.2, -0.15) is 0 Å². The molecule has 2 N–H and O–H groups in total. The van der Waals surface area contributed by atoms with E-state index in [0.717, 1.165) is 21.9 Å². The molecule has 0 spiro atoms.